The molecule has 0 radical (unpaired) electrons. The highest BCUT2D eigenvalue weighted by molar-refractivity contribution is 7.88. The molecular weight excluding hydrogens is 384 g/mol. The summed E-state index contributed by atoms with van der Waals surface area (Å²) in [6.07, 6.45) is -0.538. The second kappa shape index (κ2) is 6.28. The maximum Gasteiger partial charge on any atom is 0.414 e. The van der Waals surface area contributed by atoms with Crippen molar-refractivity contribution in [2.24, 2.45) is 5.41 Å². The molecule has 8 nitrogen and oxygen atoms in total. The van der Waals surface area contributed by atoms with E-state index in [4.69, 9.17) is 9.47 Å². The predicted octanol–water partition coefficient (Wildman–Crippen LogP) is 0.922. The van der Waals surface area contributed by atoms with E-state index in [1.807, 2.05) is 0 Å². The largest absolute Gasteiger partial charge is 0.443 e. The van der Waals surface area contributed by atoms with E-state index in [9.17, 15) is 22.0 Å². The first-order valence-corrected chi connectivity index (χ1v) is 10.3. The van der Waals surface area contributed by atoms with Gasteiger partial charge in [0.25, 0.3) is 0 Å². The van der Waals surface area contributed by atoms with Gasteiger partial charge in [0, 0.05) is 33.2 Å². The van der Waals surface area contributed by atoms with E-state index < -0.39 is 33.9 Å². The summed E-state index contributed by atoms with van der Waals surface area (Å²) in [6.45, 7) is 2.16. The van der Waals surface area contributed by atoms with Crippen molar-refractivity contribution in [2.75, 3.05) is 55.4 Å². The SMILES string of the molecule is CS(=O)(=O)NC[C@H]1CN(c2cc(F)c(N3CC4(COC4)C3)c(F)c2)C(=O)O1.[HH]. The Morgan fingerprint density at radius 2 is 1.93 bits per heavy atom. The molecule has 4 rings (SSSR count). The van der Waals surface area contributed by atoms with Crippen LogP contribution < -0.4 is 14.5 Å². The molecule has 0 aromatic heterocycles. The second-order valence-corrected chi connectivity index (χ2v) is 9.18. The zero-order chi connectivity index (χ0) is 19.4. The van der Waals surface area contributed by atoms with Gasteiger partial charge in [-0.05, 0) is 0 Å². The van der Waals surface area contributed by atoms with Crippen LogP contribution in [0.2, 0.25) is 0 Å². The molecule has 0 unspecified atom stereocenters. The third-order valence-electron chi connectivity index (χ3n) is 4.95. The van der Waals surface area contributed by atoms with Gasteiger partial charge in [0.15, 0.2) is 11.6 Å². The van der Waals surface area contributed by atoms with Crippen LogP contribution >= 0.6 is 0 Å². The minimum Gasteiger partial charge on any atom is -0.443 e. The zero-order valence-electron chi connectivity index (χ0n) is 14.6. The first-order valence-electron chi connectivity index (χ1n) is 8.40. The summed E-state index contributed by atoms with van der Waals surface area (Å²) in [4.78, 5) is 14.7. The summed E-state index contributed by atoms with van der Waals surface area (Å²) in [5.74, 6) is -1.52. The molecular formula is C16H21F2N3O5S. The first kappa shape index (κ1) is 18.4. The molecule has 1 aromatic rings. The number of hydrogen-bond acceptors (Lipinski definition) is 6. The van der Waals surface area contributed by atoms with Gasteiger partial charge in [-0.1, -0.05) is 0 Å². The highest BCUT2D eigenvalue weighted by Gasteiger charge is 2.50. The van der Waals surface area contributed by atoms with E-state index in [-0.39, 0.29) is 31.3 Å². The molecule has 3 fully saturated rings. The summed E-state index contributed by atoms with van der Waals surface area (Å²) in [5.41, 5.74) is -0.0715. The molecule has 3 saturated heterocycles. The van der Waals surface area contributed by atoms with Crippen molar-refractivity contribution in [1.29, 1.82) is 0 Å². The lowest BCUT2D eigenvalue weighted by Gasteiger charge is -2.56. The number of nitrogens with one attached hydrogen (secondary N) is 1. The second-order valence-electron chi connectivity index (χ2n) is 7.34. The topological polar surface area (TPSA) is 88.2 Å². The normalized spacial score (nSPS) is 24.0. The molecule has 3 aliphatic rings. The van der Waals surface area contributed by atoms with Gasteiger partial charge in [0.05, 0.1) is 37.1 Å². The summed E-state index contributed by atoms with van der Waals surface area (Å²) >= 11 is 0. The van der Waals surface area contributed by atoms with Gasteiger partial charge in [0.2, 0.25) is 10.0 Å². The van der Waals surface area contributed by atoms with Crippen molar-refractivity contribution in [3.63, 3.8) is 0 Å². The molecule has 3 aliphatic heterocycles. The molecule has 1 N–H and O–H groups in total. The molecule has 1 aromatic carbocycles. The van der Waals surface area contributed by atoms with Crippen LogP contribution in [0.15, 0.2) is 12.1 Å². The van der Waals surface area contributed by atoms with Crippen molar-refractivity contribution in [3.05, 3.63) is 23.8 Å². The number of rotatable bonds is 5. The number of carbonyl (C=O) groups is 1. The van der Waals surface area contributed by atoms with E-state index >= 15 is 0 Å². The third-order valence-corrected chi connectivity index (χ3v) is 5.64. The number of sulfonamides is 1. The van der Waals surface area contributed by atoms with E-state index in [0.717, 1.165) is 23.3 Å². The van der Waals surface area contributed by atoms with Gasteiger partial charge >= 0.3 is 6.09 Å². The maximum atomic E-state index is 14.6. The molecule has 0 bridgehead atoms. The van der Waals surface area contributed by atoms with Crippen molar-refractivity contribution < 1.29 is 32.9 Å². The Morgan fingerprint density at radius 1 is 1.30 bits per heavy atom. The molecule has 150 valence electrons. The third kappa shape index (κ3) is 3.46. The quantitative estimate of drug-likeness (QED) is 0.784. The highest BCUT2D eigenvalue weighted by atomic mass is 32.2. The standard InChI is InChI=1S/C16H19F2N3O5S.H2/c1-27(23,24)19-4-11-5-21(15(22)26-11)10-2-12(17)14(13(18)3-10)20-6-16(7-20)8-25-9-16;/h2-3,11,19H,4-9H2,1H3;1H/t11-;/m0./s1. The van der Waals surface area contributed by atoms with Crippen LogP contribution in [0.1, 0.15) is 1.43 Å². The minimum absolute atomic E-state index is 0. The van der Waals surface area contributed by atoms with Crippen LogP contribution in [0, 0.1) is 17.0 Å². The number of cyclic esters (lactones) is 1. The van der Waals surface area contributed by atoms with Crippen LogP contribution in [0.25, 0.3) is 0 Å². The van der Waals surface area contributed by atoms with Gasteiger partial charge in [0.1, 0.15) is 11.8 Å². The van der Waals surface area contributed by atoms with E-state index in [1.54, 1.807) is 4.90 Å². The first-order chi connectivity index (χ1) is 12.7. The Labute approximate surface area is 156 Å². The monoisotopic (exact) mass is 405 g/mol. The van der Waals surface area contributed by atoms with Crippen LogP contribution in [0.3, 0.4) is 0 Å². The number of nitrogens with zero attached hydrogens (tertiary/aromatic N) is 2. The Balaban J connectivity index is 0.00000225. The lowest BCUT2D eigenvalue weighted by atomic mass is 9.77. The van der Waals surface area contributed by atoms with Crippen molar-refractivity contribution in [3.8, 4) is 0 Å². The van der Waals surface area contributed by atoms with Gasteiger partial charge < -0.3 is 14.4 Å². The number of benzene rings is 1. The van der Waals surface area contributed by atoms with Crippen molar-refractivity contribution in [2.45, 2.75) is 6.10 Å². The molecule has 1 atom stereocenters. The Kier molecular flexibility index (Phi) is 4.28. The average molecular weight is 405 g/mol. The molecule has 1 spiro atoms. The summed E-state index contributed by atoms with van der Waals surface area (Å²) in [6, 6.07) is 2.18. The van der Waals surface area contributed by atoms with E-state index in [2.05, 4.69) is 4.72 Å². The number of hydrogen-bond donors (Lipinski definition) is 1. The molecule has 3 heterocycles. The molecule has 0 aliphatic carbocycles. The smallest absolute Gasteiger partial charge is 0.414 e. The van der Waals surface area contributed by atoms with Gasteiger partial charge in [-0.25, -0.2) is 26.7 Å². The molecule has 0 saturated carbocycles. The van der Waals surface area contributed by atoms with Crippen LogP contribution in [0.5, 0.6) is 0 Å². The molecule has 27 heavy (non-hydrogen) atoms. The van der Waals surface area contributed by atoms with Crippen LogP contribution in [0.4, 0.5) is 25.0 Å². The summed E-state index contributed by atoms with van der Waals surface area (Å²) < 4.78 is 63.8. The van der Waals surface area contributed by atoms with Gasteiger partial charge in [-0.3, -0.25) is 4.90 Å². The van der Waals surface area contributed by atoms with Crippen LogP contribution in [-0.4, -0.2) is 66.3 Å². The Hall–Kier alpha value is -1.98. The highest BCUT2D eigenvalue weighted by Crippen LogP contribution is 2.42. The minimum atomic E-state index is -3.44. The van der Waals surface area contributed by atoms with E-state index in [1.165, 1.54) is 0 Å². The molecule has 11 heteroatoms. The zero-order valence-corrected chi connectivity index (χ0v) is 15.4. The lowest BCUT2D eigenvalue weighted by Crippen LogP contribution is -2.66. The number of ether oxygens (including phenoxy) is 2. The number of anilines is 2. The van der Waals surface area contributed by atoms with Gasteiger partial charge in [-0.2, -0.15) is 0 Å². The number of amides is 1. The average Bonchev–Trinajstić information content (AvgIpc) is 2.85. The summed E-state index contributed by atoms with van der Waals surface area (Å²) in [5, 5.41) is 0. The van der Waals surface area contributed by atoms with E-state index in [0.29, 0.717) is 26.3 Å². The fourth-order valence-corrected chi connectivity index (χ4v) is 4.08. The van der Waals surface area contributed by atoms with Gasteiger partial charge in [-0.15, -0.1) is 0 Å². The Bertz CT molecular complexity index is 865. The Morgan fingerprint density at radius 3 is 2.44 bits per heavy atom. The fourth-order valence-electron chi connectivity index (χ4n) is 3.59. The number of halogens is 2. The summed E-state index contributed by atoms with van der Waals surface area (Å²) in [7, 11) is -3.44. The fraction of sp³-hybridized carbons (Fsp3) is 0.562. The molecule has 1 amide bonds. The lowest BCUT2D eigenvalue weighted by molar-refractivity contribution is -0.127. The predicted molar refractivity (Wildman–Crippen MR) is 94.4 cm³/mol. The maximum absolute atomic E-state index is 14.6. The number of carbonyl (C=O) groups excluding carboxylic acids is 1. The van der Waals surface area contributed by atoms with Crippen molar-refractivity contribution >= 4 is 27.5 Å². The van der Waals surface area contributed by atoms with Crippen LogP contribution in [-0.2, 0) is 19.5 Å². The van der Waals surface area contributed by atoms with Crippen molar-refractivity contribution in [1.82, 2.24) is 4.72 Å².